The summed E-state index contributed by atoms with van der Waals surface area (Å²) >= 11 is 1.39. The molecule has 21 heavy (non-hydrogen) atoms. The smallest absolute Gasteiger partial charge is 0.148 e. The van der Waals surface area contributed by atoms with Gasteiger partial charge >= 0.3 is 0 Å². The molecule has 0 aliphatic carbocycles. The van der Waals surface area contributed by atoms with Crippen molar-refractivity contribution < 1.29 is 9.69 Å². The van der Waals surface area contributed by atoms with Crippen LogP contribution in [0.2, 0.25) is 0 Å². The van der Waals surface area contributed by atoms with Crippen LogP contribution in [-0.2, 0) is 17.8 Å². The third-order valence-corrected chi connectivity index (χ3v) is 4.73. The van der Waals surface area contributed by atoms with Crippen LogP contribution in [0.1, 0.15) is 37.6 Å². The molecule has 0 fully saturated rings. The van der Waals surface area contributed by atoms with Crippen molar-refractivity contribution in [2.45, 2.75) is 38.8 Å². The van der Waals surface area contributed by atoms with E-state index in [9.17, 15) is 10.1 Å². The number of aromatic nitrogens is 1. The molecule has 1 aliphatic rings. The van der Waals surface area contributed by atoms with E-state index in [0.717, 1.165) is 25.2 Å². The van der Waals surface area contributed by atoms with Gasteiger partial charge in [-0.1, -0.05) is 32.5 Å². The van der Waals surface area contributed by atoms with E-state index < -0.39 is 0 Å². The minimum absolute atomic E-state index is 0.181. The quantitative estimate of drug-likeness (QED) is 0.854. The van der Waals surface area contributed by atoms with E-state index >= 15 is 0 Å². The Kier molecular flexibility index (Phi) is 4.70. The highest BCUT2D eigenvalue weighted by Crippen LogP contribution is 2.26. The van der Waals surface area contributed by atoms with Gasteiger partial charge in [0.2, 0.25) is 0 Å². The Bertz CT molecular complexity index is 599. The molecule has 1 unspecified atom stereocenters. The lowest BCUT2D eigenvalue weighted by Crippen LogP contribution is -3.08. The number of nitrogens with zero attached hydrogens (tertiary/aromatic N) is 2. The van der Waals surface area contributed by atoms with Crippen LogP contribution < -0.4 is 4.90 Å². The summed E-state index contributed by atoms with van der Waals surface area (Å²) in [5.74, 6) is 0.551. The second-order valence-electron chi connectivity index (χ2n) is 6.65. The van der Waals surface area contributed by atoms with Crippen LogP contribution in [0.4, 0.5) is 0 Å². The summed E-state index contributed by atoms with van der Waals surface area (Å²) in [7, 11) is 2.15. The summed E-state index contributed by atoms with van der Waals surface area (Å²) in [4.78, 5) is 18.1. The zero-order valence-electron chi connectivity index (χ0n) is 13.1. The molecule has 5 heteroatoms. The Balaban J connectivity index is 2.20. The topological polar surface area (TPSA) is 58.2 Å². The molecule has 0 saturated carbocycles. The van der Waals surface area contributed by atoms with Crippen molar-refractivity contribution in [2.75, 3.05) is 19.3 Å². The second kappa shape index (κ2) is 6.17. The summed E-state index contributed by atoms with van der Waals surface area (Å²) in [5.41, 5.74) is 2.50. The molecular weight excluding hydrogens is 282 g/mol. The van der Waals surface area contributed by atoms with Gasteiger partial charge in [0.25, 0.3) is 0 Å². The summed E-state index contributed by atoms with van der Waals surface area (Å²) in [6.45, 7) is 7.74. The fourth-order valence-electron chi connectivity index (χ4n) is 2.23. The Morgan fingerprint density at radius 1 is 1.52 bits per heavy atom. The van der Waals surface area contributed by atoms with Crippen LogP contribution >= 0.6 is 11.8 Å². The number of rotatable bonds is 3. The van der Waals surface area contributed by atoms with Gasteiger partial charge in [0.1, 0.15) is 23.4 Å². The molecule has 1 aliphatic heterocycles. The van der Waals surface area contributed by atoms with Gasteiger partial charge in [-0.2, -0.15) is 5.26 Å². The highest BCUT2D eigenvalue weighted by Gasteiger charge is 2.24. The maximum atomic E-state index is 12.0. The van der Waals surface area contributed by atoms with Crippen molar-refractivity contribution in [2.24, 2.45) is 5.41 Å². The molecule has 0 spiro atoms. The predicted molar refractivity (Wildman–Crippen MR) is 83.3 cm³/mol. The predicted octanol–water partition coefficient (Wildman–Crippen LogP) is 1.23. The number of hydrogen-bond acceptors (Lipinski definition) is 4. The summed E-state index contributed by atoms with van der Waals surface area (Å²) < 4.78 is 0. The van der Waals surface area contributed by atoms with Crippen LogP contribution in [0.5, 0.6) is 0 Å². The third kappa shape index (κ3) is 3.84. The van der Waals surface area contributed by atoms with Gasteiger partial charge < -0.3 is 4.90 Å². The summed E-state index contributed by atoms with van der Waals surface area (Å²) in [6, 6.07) is 4.17. The van der Waals surface area contributed by atoms with Gasteiger partial charge in [-0.15, -0.1) is 0 Å². The van der Waals surface area contributed by atoms with E-state index in [1.807, 2.05) is 26.8 Å². The molecule has 0 amide bonds. The minimum atomic E-state index is -0.347. The zero-order valence-corrected chi connectivity index (χ0v) is 13.9. The Morgan fingerprint density at radius 2 is 2.24 bits per heavy atom. The standard InChI is InChI=1S/C16H21N3OS/c1-16(2,3)14(20)10-21-15-11(8-17)7-12-9-19(4)6-5-13(12)18-15/h7H,5-6,9-10H2,1-4H3/p+1. The van der Waals surface area contributed by atoms with Gasteiger partial charge in [-0.3, -0.25) is 4.79 Å². The number of ketones is 1. The number of quaternary nitrogens is 1. The molecule has 2 rings (SSSR count). The SMILES string of the molecule is C[NH+]1CCc2nc(SCC(=O)C(C)(C)C)c(C#N)cc2C1. The normalized spacial score (nSPS) is 18.0. The van der Waals surface area contributed by atoms with Crippen molar-refractivity contribution in [1.82, 2.24) is 4.98 Å². The second-order valence-corrected chi connectivity index (χ2v) is 7.62. The van der Waals surface area contributed by atoms with Crippen LogP contribution in [0.15, 0.2) is 11.1 Å². The van der Waals surface area contributed by atoms with E-state index in [2.05, 4.69) is 18.1 Å². The van der Waals surface area contributed by atoms with E-state index in [4.69, 9.17) is 0 Å². The lowest BCUT2D eigenvalue weighted by molar-refractivity contribution is -0.895. The summed E-state index contributed by atoms with van der Waals surface area (Å²) in [6.07, 6.45) is 0.938. The minimum Gasteiger partial charge on any atom is -0.333 e. The average Bonchev–Trinajstić information content (AvgIpc) is 2.42. The number of Topliss-reactive ketones (excluding diaryl/α,β-unsaturated/α-hetero) is 1. The van der Waals surface area contributed by atoms with E-state index in [-0.39, 0.29) is 11.2 Å². The largest absolute Gasteiger partial charge is 0.333 e. The molecular formula is C16H22N3OS+. The molecule has 1 N–H and O–H groups in total. The number of carbonyl (C=O) groups excluding carboxylic acids is 1. The van der Waals surface area contributed by atoms with Crippen molar-refractivity contribution in [3.05, 3.63) is 22.9 Å². The number of fused-ring (bicyclic) bond motifs is 1. The molecule has 0 saturated heterocycles. The van der Waals surface area contributed by atoms with E-state index in [0.29, 0.717) is 16.3 Å². The van der Waals surface area contributed by atoms with Crippen molar-refractivity contribution in [3.8, 4) is 6.07 Å². The number of nitrogens with one attached hydrogen (secondary N) is 1. The monoisotopic (exact) mass is 304 g/mol. The van der Waals surface area contributed by atoms with Gasteiger partial charge in [-0.05, 0) is 6.07 Å². The number of pyridine rings is 1. The van der Waals surface area contributed by atoms with E-state index in [1.54, 1.807) is 0 Å². The number of likely N-dealkylation sites (N-methyl/N-ethyl adjacent to an activating group) is 1. The van der Waals surface area contributed by atoms with Gasteiger partial charge in [0.05, 0.1) is 30.6 Å². The number of hydrogen-bond donors (Lipinski definition) is 1. The van der Waals surface area contributed by atoms with Crippen molar-refractivity contribution >= 4 is 17.5 Å². The molecule has 0 radical (unpaired) electrons. The lowest BCUT2D eigenvalue weighted by Gasteiger charge is -2.22. The van der Waals surface area contributed by atoms with Gasteiger partial charge in [0.15, 0.2) is 0 Å². The number of nitriles is 1. The number of thioether (sulfide) groups is 1. The van der Waals surface area contributed by atoms with Crippen LogP contribution in [0.25, 0.3) is 0 Å². The van der Waals surface area contributed by atoms with Crippen LogP contribution in [0, 0.1) is 16.7 Å². The maximum absolute atomic E-state index is 12.0. The zero-order chi connectivity index (χ0) is 15.6. The van der Waals surface area contributed by atoms with E-state index in [1.165, 1.54) is 22.2 Å². The third-order valence-electron chi connectivity index (χ3n) is 3.73. The van der Waals surface area contributed by atoms with Crippen molar-refractivity contribution in [3.63, 3.8) is 0 Å². The average molecular weight is 304 g/mol. The Morgan fingerprint density at radius 3 is 2.86 bits per heavy atom. The first-order valence-electron chi connectivity index (χ1n) is 7.21. The molecule has 1 atom stereocenters. The fourth-order valence-corrected chi connectivity index (χ4v) is 3.36. The van der Waals surface area contributed by atoms with Gasteiger partial charge in [0, 0.05) is 17.4 Å². The number of carbonyl (C=O) groups is 1. The van der Waals surface area contributed by atoms with Crippen LogP contribution in [-0.4, -0.2) is 30.1 Å². The first kappa shape index (κ1) is 16.0. The van der Waals surface area contributed by atoms with Gasteiger partial charge in [-0.25, -0.2) is 4.98 Å². The molecule has 112 valence electrons. The molecule has 1 aromatic heterocycles. The Hall–Kier alpha value is -1.38. The lowest BCUT2D eigenvalue weighted by atomic mass is 9.92. The highest BCUT2D eigenvalue weighted by molar-refractivity contribution is 8.00. The maximum Gasteiger partial charge on any atom is 0.148 e. The molecule has 0 aromatic carbocycles. The van der Waals surface area contributed by atoms with Crippen molar-refractivity contribution in [1.29, 1.82) is 5.26 Å². The molecule has 2 heterocycles. The molecule has 4 nitrogen and oxygen atoms in total. The summed E-state index contributed by atoms with van der Waals surface area (Å²) in [5, 5.41) is 10.0. The van der Waals surface area contributed by atoms with Crippen LogP contribution in [0.3, 0.4) is 0 Å². The Labute approximate surface area is 130 Å². The fraction of sp³-hybridized carbons (Fsp3) is 0.562. The molecule has 1 aromatic rings. The highest BCUT2D eigenvalue weighted by atomic mass is 32.2. The molecule has 0 bridgehead atoms. The first-order chi connectivity index (χ1) is 9.81. The first-order valence-corrected chi connectivity index (χ1v) is 8.20.